The number of nitrogens with zero attached hydrogens (tertiary/aromatic N) is 2. The van der Waals surface area contributed by atoms with Crippen LogP contribution >= 0.6 is 24.0 Å². The van der Waals surface area contributed by atoms with Crippen LogP contribution in [-0.2, 0) is 13.1 Å². The summed E-state index contributed by atoms with van der Waals surface area (Å²) in [6, 6.07) is 16.0. The molecule has 0 aliphatic carbocycles. The van der Waals surface area contributed by atoms with Crippen molar-refractivity contribution in [2.24, 2.45) is 4.99 Å². The van der Waals surface area contributed by atoms with E-state index in [1.165, 1.54) is 11.1 Å². The van der Waals surface area contributed by atoms with Gasteiger partial charge in [0, 0.05) is 32.7 Å². The quantitative estimate of drug-likeness (QED) is 0.378. The third-order valence-electron chi connectivity index (χ3n) is 3.95. The second kappa shape index (κ2) is 11.6. The summed E-state index contributed by atoms with van der Waals surface area (Å²) in [6.07, 6.45) is 0. The Morgan fingerprint density at radius 3 is 2.11 bits per heavy atom. The molecule has 0 heterocycles. The van der Waals surface area contributed by atoms with Crippen molar-refractivity contribution in [2.75, 3.05) is 20.6 Å². The number of rotatable bonds is 6. The summed E-state index contributed by atoms with van der Waals surface area (Å²) >= 11 is 0. The Hall–Kier alpha value is -2.09. The molecule has 146 valence electrons. The molecule has 27 heavy (non-hydrogen) atoms. The molecule has 6 heteroatoms. The summed E-state index contributed by atoms with van der Waals surface area (Å²) in [4.78, 5) is 18.1. The highest BCUT2D eigenvalue weighted by Gasteiger charge is 2.07. The van der Waals surface area contributed by atoms with Gasteiger partial charge < -0.3 is 15.5 Å². The Bertz CT molecular complexity index is 740. The number of hydrogen-bond acceptors (Lipinski definition) is 2. The van der Waals surface area contributed by atoms with Gasteiger partial charge in [0.25, 0.3) is 5.91 Å². The van der Waals surface area contributed by atoms with Crippen LogP contribution in [0.2, 0.25) is 0 Å². The van der Waals surface area contributed by atoms with E-state index in [1.807, 2.05) is 31.2 Å². The van der Waals surface area contributed by atoms with E-state index in [-0.39, 0.29) is 29.9 Å². The first-order chi connectivity index (χ1) is 12.5. The number of carbonyl (C=O) groups excluding carboxylic acids is 1. The highest BCUT2D eigenvalue weighted by Crippen LogP contribution is 2.08. The van der Waals surface area contributed by atoms with Gasteiger partial charge in [-0.05, 0) is 37.1 Å². The van der Waals surface area contributed by atoms with Gasteiger partial charge in [-0.15, -0.1) is 24.0 Å². The number of aryl methyl sites for hydroxylation is 1. The fourth-order valence-corrected chi connectivity index (χ4v) is 2.41. The monoisotopic (exact) mass is 480 g/mol. The number of hydrogen-bond donors (Lipinski definition) is 2. The standard InChI is InChI=1S/C21H28N4O.HI/c1-5-22-21(23-14-17-8-6-16(2)7-9-17)24-15-18-10-12-19(13-11-18)20(26)25(3)4;/h6-13H,5,14-15H2,1-4H3,(H2,22,23,24);1H. The van der Waals surface area contributed by atoms with Crippen molar-refractivity contribution in [3.8, 4) is 0 Å². The maximum Gasteiger partial charge on any atom is 0.253 e. The number of aliphatic imine (C=N–C) groups is 1. The molecule has 2 rings (SSSR count). The predicted octanol–water partition coefficient (Wildman–Crippen LogP) is 3.57. The molecule has 0 spiro atoms. The van der Waals surface area contributed by atoms with Crippen molar-refractivity contribution in [3.63, 3.8) is 0 Å². The highest BCUT2D eigenvalue weighted by atomic mass is 127. The number of nitrogens with one attached hydrogen (secondary N) is 2. The predicted molar refractivity (Wildman–Crippen MR) is 123 cm³/mol. The summed E-state index contributed by atoms with van der Waals surface area (Å²) in [6.45, 7) is 6.21. The van der Waals surface area contributed by atoms with E-state index in [9.17, 15) is 4.79 Å². The first kappa shape index (κ1) is 23.0. The van der Waals surface area contributed by atoms with Crippen molar-refractivity contribution >= 4 is 35.8 Å². The van der Waals surface area contributed by atoms with Gasteiger partial charge in [-0.25, -0.2) is 4.99 Å². The molecule has 0 saturated carbocycles. The van der Waals surface area contributed by atoms with Gasteiger partial charge in [-0.2, -0.15) is 0 Å². The van der Waals surface area contributed by atoms with Crippen LogP contribution < -0.4 is 10.6 Å². The van der Waals surface area contributed by atoms with E-state index >= 15 is 0 Å². The molecule has 0 aliphatic heterocycles. The van der Waals surface area contributed by atoms with Crippen molar-refractivity contribution < 1.29 is 4.79 Å². The number of halogens is 1. The van der Waals surface area contributed by atoms with E-state index < -0.39 is 0 Å². The maximum absolute atomic E-state index is 11.9. The number of carbonyl (C=O) groups is 1. The van der Waals surface area contributed by atoms with Crippen molar-refractivity contribution in [1.82, 2.24) is 15.5 Å². The zero-order valence-corrected chi connectivity index (χ0v) is 18.8. The lowest BCUT2D eigenvalue weighted by Gasteiger charge is -2.12. The van der Waals surface area contributed by atoms with Crippen LogP contribution in [0.3, 0.4) is 0 Å². The summed E-state index contributed by atoms with van der Waals surface area (Å²) < 4.78 is 0. The van der Waals surface area contributed by atoms with Crippen LogP contribution in [0.15, 0.2) is 53.5 Å². The molecule has 2 N–H and O–H groups in total. The van der Waals surface area contributed by atoms with Crippen LogP contribution in [0.4, 0.5) is 0 Å². The van der Waals surface area contributed by atoms with Crippen LogP contribution in [0.5, 0.6) is 0 Å². The third-order valence-corrected chi connectivity index (χ3v) is 3.95. The van der Waals surface area contributed by atoms with E-state index in [2.05, 4.69) is 46.8 Å². The minimum atomic E-state index is 0. The molecule has 5 nitrogen and oxygen atoms in total. The van der Waals surface area contributed by atoms with Gasteiger partial charge in [-0.3, -0.25) is 4.79 Å². The van der Waals surface area contributed by atoms with Gasteiger partial charge in [0.05, 0.1) is 6.54 Å². The Kier molecular flexibility index (Phi) is 9.85. The Morgan fingerprint density at radius 1 is 0.963 bits per heavy atom. The normalized spacial score (nSPS) is 10.7. The minimum Gasteiger partial charge on any atom is -0.357 e. The van der Waals surface area contributed by atoms with E-state index in [0.717, 1.165) is 24.6 Å². The lowest BCUT2D eigenvalue weighted by Crippen LogP contribution is -2.36. The summed E-state index contributed by atoms with van der Waals surface area (Å²) in [5.74, 6) is 0.787. The topological polar surface area (TPSA) is 56.7 Å². The van der Waals surface area contributed by atoms with Gasteiger partial charge in [0.2, 0.25) is 0 Å². The molecule has 0 unspecified atom stereocenters. The summed E-state index contributed by atoms with van der Waals surface area (Å²) in [7, 11) is 3.51. The number of benzene rings is 2. The van der Waals surface area contributed by atoms with Gasteiger partial charge >= 0.3 is 0 Å². The minimum absolute atomic E-state index is 0. The van der Waals surface area contributed by atoms with Crippen molar-refractivity contribution in [1.29, 1.82) is 0 Å². The van der Waals surface area contributed by atoms with Crippen molar-refractivity contribution in [2.45, 2.75) is 26.9 Å². The second-order valence-electron chi connectivity index (χ2n) is 6.43. The molecule has 0 aliphatic rings. The first-order valence-corrected chi connectivity index (χ1v) is 8.88. The number of amides is 1. The lowest BCUT2D eigenvalue weighted by molar-refractivity contribution is 0.0827. The molecular weight excluding hydrogens is 451 g/mol. The molecule has 0 fully saturated rings. The van der Waals surface area contributed by atoms with Crippen LogP contribution in [0, 0.1) is 6.92 Å². The Labute approximate surface area is 179 Å². The van der Waals surface area contributed by atoms with E-state index in [0.29, 0.717) is 12.1 Å². The van der Waals surface area contributed by atoms with Crippen molar-refractivity contribution in [3.05, 3.63) is 70.8 Å². The molecular formula is C21H29IN4O. The molecule has 2 aromatic rings. The van der Waals surface area contributed by atoms with Gasteiger partial charge in [0.15, 0.2) is 5.96 Å². The molecule has 0 radical (unpaired) electrons. The van der Waals surface area contributed by atoms with Gasteiger partial charge in [0.1, 0.15) is 0 Å². The van der Waals surface area contributed by atoms with E-state index in [1.54, 1.807) is 19.0 Å². The fourth-order valence-electron chi connectivity index (χ4n) is 2.41. The molecule has 0 saturated heterocycles. The average Bonchev–Trinajstić information content (AvgIpc) is 2.65. The molecule has 2 aromatic carbocycles. The molecule has 0 bridgehead atoms. The van der Waals surface area contributed by atoms with E-state index in [4.69, 9.17) is 0 Å². The van der Waals surface area contributed by atoms with Crippen LogP contribution in [-0.4, -0.2) is 37.4 Å². The first-order valence-electron chi connectivity index (χ1n) is 8.88. The molecule has 1 amide bonds. The SMILES string of the molecule is CCNC(=NCc1ccc(C(=O)N(C)C)cc1)NCc1ccc(C)cc1.I. The zero-order valence-electron chi connectivity index (χ0n) is 16.5. The third kappa shape index (κ3) is 7.58. The zero-order chi connectivity index (χ0) is 18.9. The summed E-state index contributed by atoms with van der Waals surface area (Å²) in [5, 5.41) is 6.61. The smallest absolute Gasteiger partial charge is 0.253 e. The summed E-state index contributed by atoms with van der Waals surface area (Å²) in [5.41, 5.74) is 4.22. The lowest BCUT2D eigenvalue weighted by atomic mass is 10.1. The van der Waals surface area contributed by atoms with Gasteiger partial charge in [-0.1, -0.05) is 42.0 Å². The van der Waals surface area contributed by atoms with Crippen LogP contribution in [0.1, 0.15) is 34.0 Å². The Balaban J connectivity index is 0.00000364. The molecule has 0 aromatic heterocycles. The fraction of sp³-hybridized carbons (Fsp3) is 0.333. The maximum atomic E-state index is 11.9. The highest BCUT2D eigenvalue weighted by molar-refractivity contribution is 14.0. The second-order valence-corrected chi connectivity index (χ2v) is 6.43. The number of guanidine groups is 1. The van der Waals surface area contributed by atoms with Crippen LogP contribution in [0.25, 0.3) is 0 Å². The largest absolute Gasteiger partial charge is 0.357 e. The average molecular weight is 480 g/mol. The Morgan fingerprint density at radius 2 is 1.56 bits per heavy atom. The molecule has 0 atom stereocenters.